The predicted molar refractivity (Wildman–Crippen MR) is 123 cm³/mol. The first-order valence-electron chi connectivity index (χ1n) is 8.96. The molecule has 0 fully saturated rings. The molecular formula is C22H18ClNO4S2. The average molecular weight is 460 g/mol. The smallest absolute Gasteiger partial charge is 0.344 e. The molecule has 5 nitrogen and oxygen atoms in total. The minimum atomic E-state index is -0.741. The maximum Gasteiger partial charge on any atom is 0.344 e. The molecule has 1 heterocycles. The van der Waals surface area contributed by atoms with Crippen molar-refractivity contribution in [1.82, 2.24) is 0 Å². The molecule has 0 saturated heterocycles. The average Bonchev–Trinajstić information content (AvgIpc) is 3.03. The molecule has 0 aromatic heterocycles. The number of esters is 1. The van der Waals surface area contributed by atoms with Gasteiger partial charge in [0.2, 0.25) is 0 Å². The Hall–Kier alpha value is -2.48. The van der Waals surface area contributed by atoms with Gasteiger partial charge in [-0.3, -0.25) is 4.79 Å². The van der Waals surface area contributed by atoms with Crippen LogP contribution in [0, 0.1) is 0 Å². The Morgan fingerprint density at radius 2 is 1.90 bits per heavy atom. The van der Waals surface area contributed by atoms with E-state index in [1.165, 1.54) is 0 Å². The maximum atomic E-state index is 12.6. The number of aliphatic hydroxyl groups excluding tert-OH is 1. The standard InChI is InChI=1S/C22H18ClNO4S2/c1-3-28-22(27)18-19(25)17(12-13-8-10-14(29-2)11-9-13)30-21(18)24-20(26)15-6-4-5-7-16(15)23/h4-12,25H,3H2,1-2H3. The summed E-state index contributed by atoms with van der Waals surface area (Å²) in [4.78, 5) is 30.6. The van der Waals surface area contributed by atoms with Crippen LogP contribution in [0.4, 0.5) is 0 Å². The van der Waals surface area contributed by atoms with E-state index in [0.29, 0.717) is 4.91 Å². The Kier molecular flexibility index (Phi) is 7.42. The molecule has 0 radical (unpaired) electrons. The molecule has 3 rings (SSSR count). The number of hydrogen-bond acceptors (Lipinski definition) is 6. The number of amides is 1. The summed E-state index contributed by atoms with van der Waals surface area (Å²) < 4.78 is 5.05. The number of rotatable bonds is 5. The molecule has 2 aromatic rings. The van der Waals surface area contributed by atoms with Crippen LogP contribution in [0.1, 0.15) is 22.8 Å². The van der Waals surface area contributed by atoms with Crippen molar-refractivity contribution >= 4 is 58.1 Å². The summed E-state index contributed by atoms with van der Waals surface area (Å²) in [6.45, 7) is 1.79. The largest absolute Gasteiger partial charge is 0.506 e. The highest BCUT2D eigenvalue weighted by molar-refractivity contribution is 8.18. The van der Waals surface area contributed by atoms with E-state index in [0.717, 1.165) is 22.2 Å². The molecule has 1 aliphatic rings. The first-order valence-corrected chi connectivity index (χ1v) is 11.4. The Balaban J connectivity index is 2.00. The summed E-state index contributed by atoms with van der Waals surface area (Å²) in [5, 5.41) is 11.0. The Bertz CT molecular complexity index is 1070. The van der Waals surface area contributed by atoms with Gasteiger partial charge >= 0.3 is 5.97 Å². The van der Waals surface area contributed by atoms with Crippen molar-refractivity contribution in [2.75, 3.05) is 12.9 Å². The second-order valence-corrected chi connectivity index (χ2v) is 8.35. The molecule has 0 spiro atoms. The van der Waals surface area contributed by atoms with E-state index in [2.05, 4.69) is 4.99 Å². The predicted octanol–water partition coefficient (Wildman–Crippen LogP) is 5.76. The van der Waals surface area contributed by atoms with E-state index in [4.69, 9.17) is 16.3 Å². The van der Waals surface area contributed by atoms with Crippen molar-refractivity contribution in [3.05, 3.63) is 80.9 Å². The van der Waals surface area contributed by atoms with E-state index >= 15 is 0 Å². The highest BCUT2D eigenvalue weighted by Crippen LogP contribution is 2.39. The molecule has 0 aliphatic carbocycles. The SMILES string of the molecule is CCOC(=O)C1=C(O)C(=Cc2ccc(SC)cc2)SC1=NC(=O)c1ccccc1Cl. The molecule has 0 atom stereocenters. The van der Waals surface area contributed by atoms with Gasteiger partial charge in [-0.25, -0.2) is 9.79 Å². The lowest BCUT2D eigenvalue weighted by Gasteiger charge is -2.04. The van der Waals surface area contributed by atoms with Gasteiger partial charge in [0.1, 0.15) is 16.4 Å². The topological polar surface area (TPSA) is 76.0 Å². The first-order chi connectivity index (χ1) is 14.4. The molecule has 0 unspecified atom stereocenters. The maximum absolute atomic E-state index is 12.6. The molecule has 1 amide bonds. The second-order valence-electron chi connectivity index (χ2n) is 6.03. The van der Waals surface area contributed by atoms with Gasteiger partial charge in [-0.05, 0) is 49.1 Å². The van der Waals surface area contributed by atoms with Crippen LogP contribution in [0.25, 0.3) is 6.08 Å². The van der Waals surface area contributed by atoms with Gasteiger partial charge in [-0.15, -0.1) is 11.8 Å². The summed E-state index contributed by atoms with van der Waals surface area (Å²) in [6.07, 6.45) is 3.71. The number of thioether (sulfide) groups is 2. The number of ether oxygens (including phenoxy) is 1. The fourth-order valence-corrected chi connectivity index (χ4v) is 4.27. The van der Waals surface area contributed by atoms with Crippen molar-refractivity contribution in [3.8, 4) is 0 Å². The Morgan fingerprint density at radius 3 is 2.53 bits per heavy atom. The third-order valence-electron chi connectivity index (χ3n) is 4.09. The highest BCUT2D eigenvalue weighted by Gasteiger charge is 2.34. The van der Waals surface area contributed by atoms with E-state index in [1.807, 2.05) is 30.5 Å². The molecule has 0 saturated carbocycles. The zero-order valence-corrected chi connectivity index (χ0v) is 18.6. The molecule has 30 heavy (non-hydrogen) atoms. The molecule has 2 aromatic carbocycles. The number of halogens is 1. The quantitative estimate of drug-likeness (QED) is 0.452. The van der Waals surface area contributed by atoms with Crippen LogP contribution in [-0.2, 0) is 9.53 Å². The van der Waals surface area contributed by atoms with Gasteiger partial charge in [-0.1, -0.05) is 47.6 Å². The zero-order valence-electron chi connectivity index (χ0n) is 16.2. The van der Waals surface area contributed by atoms with E-state index in [9.17, 15) is 14.7 Å². The lowest BCUT2D eigenvalue weighted by atomic mass is 10.1. The number of carbonyl (C=O) groups is 2. The third kappa shape index (κ3) is 4.98. The number of nitrogens with zero attached hydrogens (tertiary/aromatic N) is 1. The molecule has 0 bridgehead atoms. The Morgan fingerprint density at radius 1 is 1.20 bits per heavy atom. The molecular weight excluding hydrogens is 442 g/mol. The summed E-state index contributed by atoms with van der Waals surface area (Å²) in [5.74, 6) is -1.62. The van der Waals surface area contributed by atoms with Gasteiger partial charge in [0.25, 0.3) is 5.91 Å². The van der Waals surface area contributed by atoms with Crippen LogP contribution in [0.3, 0.4) is 0 Å². The summed E-state index contributed by atoms with van der Waals surface area (Å²) in [5.41, 5.74) is 0.915. The number of benzene rings is 2. The summed E-state index contributed by atoms with van der Waals surface area (Å²) >= 11 is 8.73. The number of hydrogen-bond donors (Lipinski definition) is 1. The van der Waals surface area contributed by atoms with Crippen molar-refractivity contribution < 1.29 is 19.4 Å². The lowest BCUT2D eigenvalue weighted by Crippen LogP contribution is -2.14. The zero-order chi connectivity index (χ0) is 21.7. The fraction of sp³-hybridized carbons (Fsp3) is 0.136. The number of aliphatic imine (C=N–C) groups is 1. The molecule has 1 aliphatic heterocycles. The van der Waals surface area contributed by atoms with Crippen molar-refractivity contribution in [1.29, 1.82) is 0 Å². The molecule has 154 valence electrons. The normalized spacial score (nSPS) is 16.4. The monoisotopic (exact) mass is 459 g/mol. The molecule has 8 heteroatoms. The van der Waals surface area contributed by atoms with E-state index in [-0.39, 0.29) is 33.6 Å². The van der Waals surface area contributed by atoms with Crippen molar-refractivity contribution in [2.24, 2.45) is 4.99 Å². The Labute approximate surface area is 187 Å². The van der Waals surface area contributed by atoms with Gasteiger partial charge in [0.05, 0.1) is 22.1 Å². The minimum absolute atomic E-state index is 0.0721. The van der Waals surface area contributed by atoms with Crippen LogP contribution < -0.4 is 0 Å². The molecule has 1 N–H and O–H groups in total. The summed E-state index contributed by atoms with van der Waals surface area (Å²) in [6, 6.07) is 14.2. The van der Waals surface area contributed by atoms with Gasteiger partial charge in [0, 0.05) is 4.90 Å². The van der Waals surface area contributed by atoms with Crippen LogP contribution in [-0.4, -0.2) is 34.9 Å². The fourth-order valence-electron chi connectivity index (χ4n) is 2.63. The van der Waals surface area contributed by atoms with Gasteiger partial charge in [0.15, 0.2) is 0 Å². The third-order valence-corrected chi connectivity index (χ3v) is 6.18. The minimum Gasteiger partial charge on any atom is -0.506 e. The van der Waals surface area contributed by atoms with E-state index in [1.54, 1.807) is 49.0 Å². The van der Waals surface area contributed by atoms with Crippen molar-refractivity contribution in [3.63, 3.8) is 0 Å². The van der Waals surface area contributed by atoms with Crippen LogP contribution in [0.5, 0.6) is 0 Å². The highest BCUT2D eigenvalue weighted by atomic mass is 35.5. The second kappa shape index (κ2) is 10.0. The van der Waals surface area contributed by atoms with E-state index < -0.39 is 11.9 Å². The number of aliphatic hydroxyl groups is 1. The summed E-state index contributed by atoms with van der Waals surface area (Å²) in [7, 11) is 0. The van der Waals surface area contributed by atoms with Crippen LogP contribution in [0.15, 0.2) is 74.7 Å². The van der Waals surface area contributed by atoms with Crippen LogP contribution >= 0.6 is 35.1 Å². The van der Waals surface area contributed by atoms with Gasteiger partial charge in [-0.2, -0.15) is 0 Å². The first kappa shape index (κ1) is 22.2. The van der Waals surface area contributed by atoms with Crippen LogP contribution in [0.2, 0.25) is 5.02 Å². The van der Waals surface area contributed by atoms with Crippen molar-refractivity contribution in [2.45, 2.75) is 11.8 Å². The van der Waals surface area contributed by atoms with Gasteiger partial charge < -0.3 is 9.84 Å². The lowest BCUT2D eigenvalue weighted by molar-refractivity contribution is -0.138. The number of carbonyl (C=O) groups excluding carboxylic acids is 2.